The van der Waals surface area contributed by atoms with Crippen molar-refractivity contribution in [1.29, 1.82) is 5.26 Å². The first-order valence-electron chi connectivity index (χ1n) is 17.2. The lowest BCUT2D eigenvalue weighted by Crippen LogP contribution is -2.46. The fraction of sp³-hybridized carbons (Fsp3) is 0.514. The van der Waals surface area contributed by atoms with E-state index in [-0.39, 0.29) is 10.9 Å². The molecule has 2 aromatic heterocycles. The lowest BCUT2D eigenvalue weighted by atomic mass is 9.83. The highest BCUT2D eigenvalue weighted by Gasteiger charge is 2.44. The first kappa shape index (κ1) is 36.2. The number of rotatable bonds is 14. The van der Waals surface area contributed by atoms with Crippen LogP contribution < -0.4 is 10.1 Å². The Bertz CT molecular complexity index is 1750. The van der Waals surface area contributed by atoms with Gasteiger partial charge in [0.15, 0.2) is 8.32 Å². The summed E-state index contributed by atoms with van der Waals surface area (Å²) in [7, 11) is 2.97. The molecule has 0 unspecified atom stereocenters. The number of fused-ring (bicyclic) bond motifs is 1. The van der Waals surface area contributed by atoms with Crippen LogP contribution in [0.1, 0.15) is 75.9 Å². The summed E-state index contributed by atoms with van der Waals surface area (Å²) >= 11 is 0. The van der Waals surface area contributed by atoms with E-state index >= 15 is 0 Å². The third-order valence-corrected chi connectivity index (χ3v) is 14.8. The predicted molar refractivity (Wildman–Crippen MR) is 198 cm³/mol. The molecule has 3 aromatic rings. The molecular formula is C37H49BN7O3Si. The lowest BCUT2D eigenvalue weighted by Gasteiger charge is -2.39. The molecule has 49 heavy (non-hydrogen) atoms. The van der Waals surface area contributed by atoms with Gasteiger partial charge >= 0.3 is 7.41 Å². The number of amides is 1. The van der Waals surface area contributed by atoms with Crippen LogP contribution in [0, 0.1) is 17.2 Å². The van der Waals surface area contributed by atoms with E-state index in [9.17, 15) is 14.9 Å². The quantitative estimate of drug-likeness (QED) is 0.152. The minimum absolute atomic E-state index is 0.0438. The summed E-state index contributed by atoms with van der Waals surface area (Å²) in [6, 6.07) is 12.1. The molecule has 1 aliphatic heterocycles. The minimum atomic E-state index is -2.07. The van der Waals surface area contributed by atoms with Crippen molar-refractivity contribution in [3.63, 3.8) is 0 Å². The second kappa shape index (κ2) is 14.4. The van der Waals surface area contributed by atoms with E-state index in [0.717, 1.165) is 58.8 Å². The number of anilines is 3. The molecule has 2 aliphatic rings. The molecule has 1 amide bonds. The second-order valence-electron chi connectivity index (χ2n) is 15.5. The normalized spacial score (nSPS) is 17.3. The van der Waals surface area contributed by atoms with Gasteiger partial charge in [-0.05, 0) is 79.2 Å². The van der Waals surface area contributed by atoms with E-state index in [1.807, 2.05) is 29.1 Å². The third kappa shape index (κ3) is 8.39. The third-order valence-electron chi connectivity index (χ3n) is 10.3. The molecule has 0 spiro atoms. The van der Waals surface area contributed by atoms with Gasteiger partial charge < -0.3 is 24.2 Å². The molecule has 5 rings (SSSR count). The highest BCUT2D eigenvalue weighted by Crippen LogP contribution is 2.46. The van der Waals surface area contributed by atoms with E-state index in [0.29, 0.717) is 43.2 Å². The first-order valence-corrected chi connectivity index (χ1v) is 20.1. The Morgan fingerprint density at radius 1 is 1.20 bits per heavy atom. The molecular weight excluding hydrogens is 629 g/mol. The average Bonchev–Trinajstić information content (AvgIpc) is 3.85. The van der Waals surface area contributed by atoms with E-state index in [4.69, 9.17) is 14.4 Å². The van der Waals surface area contributed by atoms with Crippen molar-refractivity contribution in [3.8, 4) is 17.3 Å². The number of pyridine rings is 1. The summed E-state index contributed by atoms with van der Waals surface area (Å²) in [5.41, 5.74) is 5.88. The highest BCUT2D eigenvalue weighted by atomic mass is 28.4. The van der Waals surface area contributed by atoms with Gasteiger partial charge in [-0.3, -0.25) is 9.78 Å². The summed E-state index contributed by atoms with van der Waals surface area (Å²) in [5.74, 6) is 1.26. The van der Waals surface area contributed by atoms with Gasteiger partial charge in [-0.2, -0.15) is 5.26 Å². The SMILES string of the molecule is CN(C)C(=O)CCc1ccc(Nc2nccc(-c3cc(C#N)c4c(c3)[C@@](C)(CO[Si](C)(C)C(C)(C)C)CN4[B]C=O)n2)c(CCC2CC2)n1. The van der Waals surface area contributed by atoms with Crippen LogP contribution in [0.2, 0.25) is 18.1 Å². The van der Waals surface area contributed by atoms with Gasteiger partial charge in [0, 0.05) is 62.2 Å². The predicted octanol–water partition coefficient (Wildman–Crippen LogP) is 6.43. The number of aromatic nitrogens is 3. The fourth-order valence-electron chi connectivity index (χ4n) is 5.95. The number of benzene rings is 1. The summed E-state index contributed by atoms with van der Waals surface area (Å²) < 4.78 is 6.73. The zero-order valence-corrected chi connectivity index (χ0v) is 31.3. The number of nitrogens with zero attached hydrogens (tertiary/aromatic N) is 6. The van der Waals surface area contributed by atoms with Crippen molar-refractivity contribution in [1.82, 2.24) is 19.9 Å². The zero-order chi connectivity index (χ0) is 35.6. The molecule has 1 aliphatic carbocycles. The van der Waals surface area contributed by atoms with Crippen LogP contribution in [0.3, 0.4) is 0 Å². The minimum Gasteiger partial charge on any atom is -0.416 e. The Morgan fingerprint density at radius 2 is 1.96 bits per heavy atom. The molecule has 1 atom stereocenters. The maximum Gasteiger partial charge on any atom is 0.329 e. The molecule has 0 bridgehead atoms. The van der Waals surface area contributed by atoms with Crippen molar-refractivity contribution < 1.29 is 14.0 Å². The van der Waals surface area contributed by atoms with Gasteiger partial charge in [0.2, 0.25) is 11.9 Å². The number of nitriles is 1. The van der Waals surface area contributed by atoms with Crippen LogP contribution in [0.4, 0.5) is 17.3 Å². The Morgan fingerprint density at radius 3 is 2.61 bits per heavy atom. The summed E-state index contributed by atoms with van der Waals surface area (Å²) in [6.07, 6.45) is 7.93. The topological polar surface area (TPSA) is 124 Å². The van der Waals surface area contributed by atoms with Crippen LogP contribution in [-0.4, -0.2) is 74.9 Å². The number of carbonyl (C=O) groups is 2. The monoisotopic (exact) mass is 678 g/mol. The Kier molecular flexibility index (Phi) is 10.7. The van der Waals surface area contributed by atoms with Gasteiger partial charge in [-0.15, -0.1) is 0 Å². The smallest absolute Gasteiger partial charge is 0.329 e. The Labute approximate surface area is 293 Å². The molecule has 0 saturated heterocycles. The number of hydrogen-bond acceptors (Lipinski definition) is 9. The summed E-state index contributed by atoms with van der Waals surface area (Å²) in [4.78, 5) is 41.7. The number of aryl methyl sites for hydroxylation is 2. The van der Waals surface area contributed by atoms with Gasteiger partial charge in [0.05, 0.1) is 22.6 Å². The molecule has 1 fully saturated rings. The molecule has 1 radical (unpaired) electrons. The average molecular weight is 679 g/mol. The maximum absolute atomic E-state index is 12.2. The molecule has 12 heteroatoms. The number of hydrogen-bond donors (Lipinski definition) is 1. The van der Waals surface area contributed by atoms with Crippen molar-refractivity contribution in [3.05, 3.63) is 59.0 Å². The molecule has 10 nitrogen and oxygen atoms in total. The van der Waals surface area contributed by atoms with Gasteiger partial charge in [0.25, 0.3) is 0 Å². The maximum atomic E-state index is 12.2. The van der Waals surface area contributed by atoms with Crippen molar-refractivity contribution >= 4 is 45.1 Å². The largest absolute Gasteiger partial charge is 0.416 e. The Hall–Kier alpha value is -4.08. The summed E-state index contributed by atoms with van der Waals surface area (Å²) in [6.45, 7) is 14.3. The van der Waals surface area contributed by atoms with Crippen molar-refractivity contribution in [2.75, 3.05) is 37.4 Å². The molecule has 1 N–H and O–H groups in total. The number of nitrogens with one attached hydrogen (secondary N) is 1. The first-order chi connectivity index (χ1) is 23.1. The van der Waals surface area contributed by atoms with Crippen molar-refractivity contribution in [2.45, 2.75) is 89.8 Å². The van der Waals surface area contributed by atoms with E-state index in [1.54, 1.807) is 25.2 Å². The molecule has 3 heterocycles. The standard InChI is InChI=1S/C37H49BN7O3Si/c1-36(2,3)49(7,8)48-23-37(4)22-45(38-24-46)34-27(21-39)19-26(20-29(34)37)30-17-18-40-35(42-30)43-32-15-12-28(13-16-33(47)44(5)6)41-31(32)14-11-25-9-10-25/h12,15,17-20,24-25H,9-11,13-14,16,22-23H2,1-8H3,(H,40,42,43)/t37-/m1/s1. The van der Waals surface area contributed by atoms with Crippen LogP contribution in [0.15, 0.2) is 36.5 Å². The van der Waals surface area contributed by atoms with E-state index < -0.39 is 13.7 Å². The molecule has 257 valence electrons. The van der Waals surface area contributed by atoms with Gasteiger partial charge in [0.1, 0.15) is 12.3 Å². The Balaban J connectivity index is 1.45. The fourth-order valence-corrected chi connectivity index (χ4v) is 7.07. The van der Waals surface area contributed by atoms with Crippen LogP contribution in [-0.2, 0) is 32.3 Å². The van der Waals surface area contributed by atoms with Crippen LogP contribution in [0.25, 0.3) is 11.3 Å². The lowest BCUT2D eigenvalue weighted by molar-refractivity contribution is -0.128. The van der Waals surface area contributed by atoms with Gasteiger partial charge in [-0.1, -0.05) is 40.5 Å². The number of carbonyl (C=O) groups excluding carboxylic acids is 2. The molecule has 1 aromatic carbocycles. The molecule has 1 saturated carbocycles. The van der Waals surface area contributed by atoms with Crippen LogP contribution >= 0.6 is 0 Å². The van der Waals surface area contributed by atoms with Gasteiger partial charge in [-0.25, -0.2) is 9.97 Å². The van der Waals surface area contributed by atoms with Crippen LogP contribution in [0.5, 0.6) is 0 Å². The zero-order valence-electron chi connectivity index (χ0n) is 30.3. The summed E-state index contributed by atoms with van der Waals surface area (Å²) in [5, 5.41) is 13.8. The second-order valence-corrected chi connectivity index (χ2v) is 20.3. The van der Waals surface area contributed by atoms with E-state index in [1.165, 1.54) is 20.3 Å². The van der Waals surface area contributed by atoms with E-state index in [2.05, 4.69) is 63.2 Å². The van der Waals surface area contributed by atoms with Crippen molar-refractivity contribution in [2.24, 2.45) is 5.92 Å². The highest BCUT2D eigenvalue weighted by molar-refractivity contribution is 6.74.